The van der Waals surface area contributed by atoms with E-state index in [0.717, 1.165) is 6.07 Å². The van der Waals surface area contributed by atoms with E-state index in [2.05, 4.69) is 0 Å². The van der Waals surface area contributed by atoms with Crippen LogP contribution in [0.2, 0.25) is 10.0 Å². The summed E-state index contributed by atoms with van der Waals surface area (Å²) in [4.78, 5) is 10.3. The van der Waals surface area contributed by atoms with Gasteiger partial charge in [-0.2, -0.15) is 0 Å². The van der Waals surface area contributed by atoms with E-state index >= 15 is 0 Å². The van der Waals surface area contributed by atoms with Crippen LogP contribution >= 0.6 is 23.2 Å². The van der Waals surface area contributed by atoms with Crippen LogP contribution < -0.4 is 4.74 Å². The molecular weight excluding hydrogens is 296 g/mol. The van der Waals surface area contributed by atoms with E-state index in [0.29, 0.717) is 0 Å². The number of nitro benzene ring substituents is 1. The average Bonchev–Trinajstić information content (AvgIpc) is 2.33. The van der Waals surface area contributed by atoms with Crippen LogP contribution in [0, 0.1) is 15.9 Å². The number of hydrogen-bond donors (Lipinski definition) is 0. The Morgan fingerprint density at radius 1 is 1.16 bits per heavy atom. The maximum atomic E-state index is 13.0. The van der Waals surface area contributed by atoms with Crippen molar-refractivity contribution >= 4 is 28.9 Å². The minimum absolute atomic E-state index is 0.0415. The zero-order valence-electron chi connectivity index (χ0n) is 9.27. The van der Waals surface area contributed by atoms with Crippen molar-refractivity contribution in [1.29, 1.82) is 0 Å². The third-order valence-electron chi connectivity index (χ3n) is 2.25. The molecule has 0 N–H and O–H groups in total. The van der Waals surface area contributed by atoms with Crippen LogP contribution in [-0.2, 0) is 0 Å². The molecule has 0 amide bonds. The van der Waals surface area contributed by atoms with Crippen LogP contribution in [0.4, 0.5) is 10.1 Å². The van der Waals surface area contributed by atoms with Gasteiger partial charge < -0.3 is 4.74 Å². The van der Waals surface area contributed by atoms with Crippen LogP contribution in [0.25, 0.3) is 0 Å². The lowest BCUT2D eigenvalue weighted by Crippen LogP contribution is -1.94. The summed E-state index contributed by atoms with van der Waals surface area (Å²) in [6.45, 7) is 0. The van der Waals surface area contributed by atoms with E-state index in [-0.39, 0.29) is 27.2 Å². The van der Waals surface area contributed by atoms with E-state index in [1.165, 1.54) is 30.3 Å². The molecule has 19 heavy (non-hydrogen) atoms. The number of nitro groups is 1. The Morgan fingerprint density at radius 3 is 2.53 bits per heavy atom. The summed E-state index contributed by atoms with van der Waals surface area (Å²) in [6, 6.07) is 7.92. The van der Waals surface area contributed by atoms with Crippen molar-refractivity contribution in [2.45, 2.75) is 0 Å². The Labute approximate surface area is 117 Å². The van der Waals surface area contributed by atoms with Crippen LogP contribution in [0.5, 0.6) is 11.5 Å². The van der Waals surface area contributed by atoms with E-state index in [1.54, 1.807) is 0 Å². The second-order valence-electron chi connectivity index (χ2n) is 3.52. The van der Waals surface area contributed by atoms with Gasteiger partial charge in [0.05, 0.1) is 9.95 Å². The summed E-state index contributed by atoms with van der Waals surface area (Å²) < 4.78 is 18.3. The first kappa shape index (κ1) is 13.6. The molecule has 0 heterocycles. The summed E-state index contributed by atoms with van der Waals surface area (Å²) in [5.41, 5.74) is -0.357. The van der Waals surface area contributed by atoms with Gasteiger partial charge >= 0.3 is 5.69 Å². The quantitative estimate of drug-likeness (QED) is 0.602. The Bertz CT molecular complexity index is 649. The van der Waals surface area contributed by atoms with E-state index in [1.807, 2.05) is 0 Å². The van der Waals surface area contributed by atoms with Gasteiger partial charge in [0.2, 0.25) is 5.75 Å². The number of rotatable bonds is 3. The molecule has 2 rings (SSSR count). The molecule has 0 fully saturated rings. The lowest BCUT2D eigenvalue weighted by molar-refractivity contribution is -0.385. The van der Waals surface area contributed by atoms with Gasteiger partial charge in [0.15, 0.2) is 0 Å². The smallest absolute Gasteiger partial charge is 0.329 e. The first-order valence-electron chi connectivity index (χ1n) is 5.05. The minimum atomic E-state index is -0.650. The van der Waals surface area contributed by atoms with Crippen LogP contribution in [-0.4, -0.2) is 4.92 Å². The molecule has 0 atom stereocenters. The molecule has 4 nitrogen and oxygen atoms in total. The van der Waals surface area contributed by atoms with E-state index in [4.69, 9.17) is 27.9 Å². The fourth-order valence-corrected chi connectivity index (χ4v) is 1.83. The largest absolute Gasteiger partial charge is 0.450 e. The van der Waals surface area contributed by atoms with Crippen LogP contribution in [0.15, 0.2) is 36.4 Å². The minimum Gasteiger partial charge on any atom is -0.450 e. The number of ether oxygens (including phenoxy) is 1. The molecule has 0 radical (unpaired) electrons. The molecular formula is C12H6Cl2FNO3. The number of para-hydroxylation sites is 1. The van der Waals surface area contributed by atoms with Gasteiger partial charge in [-0.25, -0.2) is 4.39 Å². The molecule has 0 aromatic heterocycles. The van der Waals surface area contributed by atoms with Crippen LogP contribution in [0.1, 0.15) is 0 Å². The zero-order chi connectivity index (χ0) is 14.0. The number of halogens is 3. The molecule has 0 saturated carbocycles. The zero-order valence-corrected chi connectivity index (χ0v) is 10.8. The van der Waals surface area contributed by atoms with Gasteiger partial charge in [0, 0.05) is 6.07 Å². The van der Waals surface area contributed by atoms with Gasteiger partial charge in [-0.05, 0) is 24.3 Å². The second kappa shape index (κ2) is 5.42. The Kier molecular flexibility index (Phi) is 3.87. The predicted molar refractivity (Wildman–Crippen MR) is 69.6 cm³/mol. The first-order chi connectivity index (χ1) is 8.99. The monoisotopic (exact) mass is 301 g/mol. The highest BCUT2D eigenvalue weighted by Crippen LogP contribution is 2.37. The van der Waals surface area contributed by atoms with Gasteiger partial charge in [-0.15, -0.1) is 0 Å². The number of benzene rings is 2. The van der Waals surface area contributed by atoms with E-state index in [9.17, 15) is 14.5 Å². The molecule has 0 aliphatic rings. The van der Waals surface area contributed by atoms with Gasteiger partial charge in [0.25, 0.3) is 0 Å². The fourth-order valence-electron chi connectivity index (χ4n) is 1.42. The van der Waals surface area contributed by atoms with Crippen LogP contribution in [0.3, 0.4) is 0 Å². The standard InChI is InChI=1S/C12H6Cl2FNO3/c13-8-2-1-3-11(12(8)16(17)18)19-7-4-5-10(15)9(14)6-7/h1-6H. The molecule has 0 aliphatic heterocycles. The van der Waals surface area contributed by atoms with Crippen molar-refractivity contribution in [3.63, 3.8) is 0 Å². The predicted octanol–water partition coefficient (Wildman–Crippen LogP) is 4.83. The number of hydrogen-bond acceptors (Lipinski definition) is 3. The highest BCUT2D eigenvalue weighted by atomic mass is 35.5. The molecule has 0 saturated heterocycles. The van der Waals surface area contributed by atoms with Crippen molar-refractivity contribution in [1.82, 2.24) is 0 Å². The normalized spacial score (nSPS) is 10.3. The maximum Gasteiger partial charge on any atom is 0.329 e. The lowest BCUT2D eigenvalue weighted by atomic mass is 10.3. The van der Waals surface area contributed by atoms with Crippen molar-refractivity contribution in [3.05, 3.63) is 62.4 Å². The number of nitrogens with zero attached hydrogens (tertiary/aromatic N) is 1. The highest BCUT2D eigenvalue weighted by molar-refractivity contribution is 6.33. The lowest BCUT2D eigenvalue weighted by Gasteiger charge is -2.07. The van der Waals surface area contributed by atoms with Crippen molar-refractivity contribution in [2.75, 3.05) is 0 Å². The molecule has 0 unspecified atom stereocenters. The Hall–Kier alpha value is -1.85. The van der Waals surface area contributed by atoms with Crippen molar-refractivity contribution in [2.24, 2.45) is 0 Å². The SMILES string of the molecule is O=[N+]([O-])c1c(Cl)cccc1Oc1ccc(F)c(Cl)c1. The maximum absolute atomic E-state index is 13.0. The second-order valence-corrected chi connectivity index (χ2v) is 4.34. The first-order valence-corrected chi connectivity index (χ1v) is 5.80. The fraction of sp³-hybridized carbons (Fsp3) is 0. The third kappa shape index (κ3) is 2.94. The van der Waals surface area contributed by atoms with Gasteiger partial charge in [-0.3, -0.25) is 10.1 Å². The summed E-state index contributed by atoms with van der Waals surface area (Å²) >= 11 is 11.3. The molecule has 7 heteroatoms. The van der Waals surface area contributed by atoms with E-state index < -0.39 is 10.7 Å². The Morgan fingerprint density at radius 2 is 1.89 bits per heavy atom. The summed E-state index contributed by atoms with van der Waals surface area (Å²) in [7, 11) is 0. The molecule has 0 aliphatic carbocycles. The molecule has 98 valence electrons. The Balaban J connectivity index is 2.40. The van der Waals surface area contributed by atoms with Crippen molar-refractivity contribution < 1.29 is 14.1 Å². The summed E-state index contributed by atoms with van der Waals surface area (Å²) in [5.74, 6) is -0.466. The molecule has 2 aromatic rings. The van der Waals surface area contributed by atoms with Crippen molar-refractivity contribution in [3.8, 4) is 11.5 Å². The topological polar surface area (TPSA) is 52.4 Å². The van der Waals surface area contributed by atoms with Gasteiger partial charge in [0.1, 0.15) is 16.6 Å². The third-order valence-corrected chi connectivity index (χ3v) is 2.85. The highest BCUT2D eigenvalue weighted by Gasteiger charge is 2.20. The summed E-state index contributed by atoms with van der Waals surface area (Å²) in [5, 5.41) is 10.7. The molecule has 2 aromatic carbocycles. The average molecular weight is 302 g/mol. The summed E-state index contributed by atoms with van der Waals surface area (Å²) in [6.07, 6.45) is 0. The molecule has 0 spiro atoms. The molecule has 0 bridgehead atoms. The van der Waals surface area contributed by atoms with Gasteiger partial charge in [-0.1, -0.05) is 29.3 Å².